The van der Waals surface area contributed by atoms with Crippen LogP contribution in [0.5, 0.6) is 0 Å². The summed E-state index contributed by atoms with van der Waals surface area (Å²) in [6.07, 6.45) is 4.01. The SMILES string of the molecule is Cn1cnc2cc(CCC(=O)O)cnc21. The minimum atomic E-state index is -0.795. The Morgan fingerprint density at radius 1 is 1.53 bits per heavy atom. The highest BCUT2D eigenvalue weighted by atomic mass is 16.4. The van der Waals surface area contributed by atoms with Gasteiger partial charge in [0, 0.05) is 19.7 Å². The van der Waals surface area contributed by atoms with Gasteiger partial charge in [-0.05, 0) is 18.1 Å². The number of pyridine rings is 1. The fraction of sp³-hybridized carbons (Fsp3) is 0.300. The van der Waals surface area contributed by atoms with Crippen LogP contribution in [0.3, 0.4) is 0 Å². The van der Waals surface area contributed by atoms with Crippen molar-refractivity contribution >= 4 is 17.1 Å². The Morgan fingerprint density at radius 2 is 2.33 bits per heavy atom. The van der Waals surface area contributed by atoms with Crippen LogP contribution in [-0.4, -0.2) is 25.6 Å². The Hall–Kier alpha value is -1.91. The highest BCUT2D eigenvalue weighted by molar-refractivity contribution is 5.71. The van der Waals surface area contributed by atoms with E-state index >= 15 is 0 Å². The van der Waals surface area contributed by atoms with Gasteiger partial charge in [-0.3, -0.25) is 4.79 Å². The lowest BCUT2D eigenvalue weighted by Crippen LogP contribution is -1.98. The van der Waals surface area contributed by atoms with Crippen LogP contribution in [0.25, 0.3) is 11.2 Å². The lowest BCUT2D eigenvalue weighted by atomic mass is 10.1. The van der Waals surface area contributed by atoms with Gasteiger partial charge in [-0.1, -0.05) is 0 Å². The van der Waals surface area contributed by atoms with E-state index in [-0.39, 0.29) is 6.42 Å². The van der Waals surface area contributed by atoms with Crippen molar-refractivity contribution in [3.63, 3.8) is 0 Å². The molecular weight excluding hydrogens is 194 g/mol. The van der Waals surface area contributed by atoms with E-state index in [9.17, 15) is 4.79 Å². The summed E-state index contributed by atoms with van der Waals surface area (Å²) in [5.41, 5.74) is 2.53. The Morgan fingerprint density at radius 3 is 3.07 bits per heavy atom. The molecule has 0 aliphatic carbocycles. The second kappa shape index (κ2) is 3.68. The first-order valence-corrected chi connectivity index (χ1v) is 4.64. The van der Waals surface area contributed by atoms with Crippen LogP contribution in [0.1, 0.15) is 12.0 Å². The normalized spacial score (nSPS) is 10.7. The van der Waals surface area contributed by atoms with Crippen LogP contribution in [0.15, 0.2) is 18.6 Å². The van der Waals surface area contributed by atoms with E-state index in [1.807, 2.05) is 17.7 Å². The van der Waals surface area contributed by atoms with Crippen molar-refractivity contribution < 1.29 is 9.90 Å². The van der Waals surface area contributed by atoms with Crippen molar-refractivity contribution in [1.82, 2.24) is 14.5 Å². The zero-order chi connectivity index (χ0) is 10.8. The fourth-order valence-corrected chi connectivity index (χ4v) is 1.45. The van der Waals surface area contributed by atoms with E-state index in [0.29, 0.717) is 6.42 Å². The summed E-state index contributed by atoms with van der Waals surface area (Å²) in [6, 6.07) is 1.88. The molecule has 0 saturated heterocycles. The molecule has 0 aliphatic rings. The number of carboxylic acids is 1. The summed E-state index contributed by atoms with van der Waals surface area (Å²) in [6.45, 7) is 0. The average molecular weight is 205 g/mol. The molecule has 0 unspecified atom stereocenters. The van der Waals surface area contributed by atoms with E-state index in [1.165, 1.54) is 0 Å². The minimum Gasteiger partial charge on any atom is -0.481 e. The van der Waals surface area contributed by atoms with Gasteiger partial charge in [-0.25, -0.2) is 9.97 Å². The van der Waals surface area contributed by atoms with E-state index in [2.05, 4.69) is 9.97 Å². The molecule has 2 aromatic rings. The number of aromatic nitrogens is 3. The summed E-state index contributed by atoms with van der Waals surface area (Å²) >= 11 is 0. The van der Waals surface area contributed by atoms with Crippen molar-refractivity contribution in [1.29, 1.82) is 0 Å². The van der Waals surface area contributed by atoms with E-state index in [0.717, 1.165) is 16.7 Å². The summed E-state index contributed by atoms with van der Waals surface area (Å²) in [5, 5.41) is 8.55. The Kier molecular flexibility index (Phi) is 2.37. The van der Waals surface area contributed by atoms with Gasteiger partial charge in [-0.15, -0.1) is 0 Å². The maximum Gasteiger partial charge on any atom is 0.303 e. The number of imidazole rings is 1. The molecule has 2 heterocycles. The molecule has 0 amide bonds. The molecule has 5 nitrogen and oxygen atoms in total. The van der Waals surface area contributed by atoms with Crippen molar-refractivity contribution in [2.45, 2.75) is 12.8 Å². The monoisotopic (exact) mass is 205 g/mol. The lowest BCUT2D eigenvalue weighted by Gasteiger charge is -1.98. The zero-order valence-corrected chi connectivity index (χ0v) is 8.34. The first-order valence-electron chi connectivity index (χ1n) is 4.64. The van der Waals surface area contributed by atoms with Gasteiger partial charge >= 0.3 is 5.97 Å². The maximum absolute atomic E-state index is 10.4. The summed E-state index contributed by atoms with van der Waals surface area (Å²) < 4.78 is 1.83. The van der Waals surface area contributed by atoms with Gasteiger partial charge < -0.3 is 9.67 Å². The second-order valence-electron chi connectivity index (χ2n) is 3.44. The van der Waals surface area contributed by atoms with Crippen LogP contribution in [0.4, 0.5) is 0 Å². The predicted octanol–water partition coefficient (Wildman–Crippen LogP) is 0.985. The Bertz CT molecular complexity index is 504. The molecule has 15 heavy (non-hydrogen) atoms. The first kappa shape index (κ1) is 9.64. The van der Waals surface area contributed by atoms with Crippen molar-refractivity contribution in [2.75, 3.05) is 0 Å². The first-order chi connectivity index (χ1) is 7.16. The maximum atomic E-state index is 10.4. The number of nitrogens with zero attached hydrogens (tertiary/aromatic N) is 3. The standard InChI is InChI=1S/C10H11N3O2/c1-13-6-12-8-4-7(2-3-9(14)15)5-11-10(8)13/h4-6H,2-3H2,1H3,(H,14,15). The molecule has 5 heteroatoms. The quantitative estimate of drug-likeness (QED) is 0.811. The van der Waals surface area contributed by atoms with Gasteiger partial charge in [0.05, 0.1) is 6.33 Å². The second-order valence-corrected chi connectivity index (χ2v) is 3.44. The number of rotatable bonds is 3. The van der Waals surface area contributed by atoms with E-state index in [1.54, 1.807) is 12.5 Å². The third kappa shape index (κ3) is 1.96. The molecule has 0 aliphatic heterocycles. The molecule has 0 bridgehead atoms. The fourth-order valence-electron chi connectivity index (χ4n) is 1.45. The van der Waals surface area contributed by atoms with Crippen molar-refractivity contribution in [3.8, 4) is 0 Å². The number of aryl methyl sites for hydroxylation is 2. The molecular formula is C10H11N3O2. The number of hydrogen-bond acceptors (Lipinski definition) is 3. The van der Waals surface area contributed by atoms with Gasteiger partial charge in [0.25, 0.3) is 0 Å². The molecule has 2 aromatic heterocycles. The topological polar surface area (TPSA) is 68.0 Å². The van der Waals surface area contributed by atoms with Gasteiger partial charge in [-0.2, -0.15) is 0 Å². The smallest absolute Gasteiger partial charge is 0.303 e. The molecule has 0 atom stereocenters. The molecule has 0 spiro atoms. The van der Waals surface area contributed by atoms with Crippen LogP contribution in [0, 0.1) is 0 Å². The Balaban J connectivity index is 2.27. The lowest BCUT2D eigenvalue weighted by molar-refractivity contribution is -0.136. The molecule has 0 fully saturated rings. The largest absolute Gasteiger partial charge is 0.481 e. The third-order valence-electron chi connectivity index (χ3n) is 2.24. The summed E-state index contributed by atoms with van der Waals surface area (Å²) in [4.78, 5) is 18.8. The van der Waals surface area contributed by atoms with Crippen LogP contribution >= 0.6 is 0 Å². The zero-order valence-electron chi connectivity index (χ0n) is 8.34. The van der Waals surface area contributed by atoms with Gasteiger partial charge in [0.15, 0.2) is 5.65 Å². The van der Waals surface area contributed by atoms with Crippen molar-refractivity contribution in [3.05, 3.63) is 24.2 Å². The summed E-state index contributed by atoms with van der Waals surface area (Å²) in [7, 11) is 1.87. The van der Waals surface area contributed by atoms with Gasteiger partial charge in [0.1, 0.15) is 5.52 Å². The number of carboxylic acid groups (broad SMARTS) is 1. The highest BCUT2D eigenvalue weighted by Crippen LogP contribution is 2.11. The van der Waals surface area contributed by atoms with E-state index < -0.39 is 5.97 Å². The van der Waals surface area contributed by atoms with Crippen molar-refractivity contribution in [2.24, 2.45) is 7.05 Å². The van der Waals surface area contributed by atoms with Gasteiger partial charge in [0.2, 0.25) is 0 Å². The van der Waals surface area contributed by atoms with Crippen LogP contribution < -0.4 is 0 Å². The van der Waals surface area contributed by atoms with Crippen LogP contribution in [0.2, 0.25) is 0 Å². The summed E-state index contributed by atoms with van der Waals surface area (Å²) in [5.74, 6) is -0.795. The predicted molar refractivity (Wildman–Crippen MR) is 54.5 cm³/mol. The number of aliphatic carboxylic acids is 1. The molecule has 0 radical (unpaired) electrons. The molecule has 0 saturated carbocycles. The molecule has 1 N–H and O–H groups in total. The number of fused-ring (bicyclic) bond motifs is 1. The number of carbonyl (C=O) groups is 1. The molecule has 2 rings (SSSR count). The van der Waals surface area contributed by atoms with E-state index in [4.69, 9.17) is 5.11 Å². The Labute approximate surface area is 86.4 Å². The minimum absolute atomic E-state index is 0.125. The highest BCUT2D eigenvalue weighted by Gasteiger charge is 2.04. The van der Waals surface area contributed by atoms with Crippen LogP contribution in [-0.2, 0) is 18.3 Å². The third-order valence-corrected chi connectivity index (χ3v) is 2.24. The number of hydrogen-bond donors (Lipinski definition) is 1. The molecule has 0 aromatic carbocycles. The molecule has 78 valence electrons. The average Bonchev–Trinajstić information content (AvgIpc) is 2.57.